The van der Waals surface area contributed by atoms with Gasteiger partial charge < -0.3 is 5.32 Å². The van der Waals surface area contributed by atoms with Crippen LogP contribution in [0.15, 0.2) is 11.4 Å². The van der Waals surface area contributed by atoms with Crippen molar-refractivity contribution in [3.8, 4) is 0 Å². The Kier molecular flexibility index (Phi) is 4.22. The zero-order valence-corrected chi connectivity index (χ0v) is 13.3. The summed E-state index contributed by atoms with van der Waals surface area (Å²) in [5.74, 6) is -0.876. The highest BCUT2D eigenvalue weighted by Gasteiger charge is 2.30. The van der Waals surface area contributed by atoms with E-state index in [4.69, 9.17) is 11.6 Å². The molecule has 1 atom stereocenters. The Morgan fingerprint density at radius 2 is 2.14 bits per heavy atom. The number of amides is 1. The van der Waals surface area contributed by atoms with Crippen LogP contribution in [0.1, 0.15) is 16.9 Å². The molecule has 0 bridgehead atoms. The summed E-state index contributed by atoms with van der Waals surface area (Å²) in [6.07, 6.45) is 2.22. The number of hydrogen-bond donors (Lipinski definition) is 1. The van der Waals surface area contributed by atoms with Gasteiger partial charge in [0.05, 0.1) is 22.7 Å². The SMILES string of the molecule is CS(=O)(=O)c1ncc(Cl)c(C(=O)NC2CCS(=O)(=O)C2)n1. The van der Waals surface area contributed by atoms with E-state index in [9.17, 15) is 21.6 Å². The molecule has 116 valence electrons. The fourth-order valence-corrected chi connectivity index (χ4v) is 4.20. The highest BCUT2D eigenvalue weighted by Crippen LogP contribution is 2.16. The molecule has 1 amide bonds. The van der Waals surface area contributed by atoms with Gasteiger partial charge >= 0.3 is 0 Å². The van der Waals surface area contributed by atoms with Crippen molar-refractivity contribution in [2.75, 3.05) is 17.8 Å². The first-order valence-corrected chi connectivity index (χ1v) is 9.91. The number of hydrogen-bond acceptors (Lipinski definition) is 7. The minimum absolute atomic E-state index is 0.00401. The third-order valence-electron chi connectivity index (χ3n) is 2.84. The normalized spacial score (nSPS) is 21.1. The highest BCUT2D eigenvalue weighted by molar-refractivity contribution is 7.91. The van der Waals surface area contributed by atoms with Crippen LogP contribution in [0.4, 0.5) is 0 Å². The standard InChI is InChI=1S/C10H12ClN3O5S2/c1-20(16,17)10-12-4-7(11)8(14-10)9(15)13-6-2-3-21(18,19)5-6/h4,6H,2-3,5H2,1H3,(H,13,15). The van der Waals surface area contributed by atoms with Gasteiger partial charge in [-0.2, -0.15) is 0 Å². The lowest BCUT2D eigenvalue weighted by Crippen LogP contribution is -2.36. The fraction of sp³-hybridized carbons (Fsp3) is 0.500. The molecule has 0 aliphatic carbocycles. The van der Waals surface area contributed by atoms with E-state index < -0.39 is 36.8 Å². The predicted octanol–water partition coefficient (Wildman–Crippen LogP) is -0.550. The van der Waals surface area contributed by atoms with Crippen LogP contribution >= 0.6 is 11.6 Å². The zero-order chi connectivity index (χ0) is 15.8. The van der Waals surface area contributed by atoms with Crippen LogP contribution in [0.2, 0.25) is 5.02 Å². The Morgan fingerprint density at radius 1 is 1.48 bits per heavy atom. The molecule has 0 aromatic carbocycles. The molecule has 8 nitrogen and oxygen atoms in total. The lowest BCUT2D eigenvalue weighted by Gasteiger charge is -2.11. The number of carbonyl (C=O) groups excluding carboxylic acids is 1. The molecule has 0 spiro atoms. The molecule has 1 aromatic heterocycles. The zero-order valence-electron chi connectivity index (χ0n) is 10.9. The largest absolute Gasteiger partial charge is 0.347 e. The predicted molar refractivity (Wildman–Crippen MR) is 74.7 cm³/mol. The maximum absolute atomic E-state index is 12.0. The van der Waals surface area contributed by atoms with Gasteiger partial charge in [-0.25, -0.2) is 26.8 Å². The van der Waals surface area contributed by atoms with Crippen molar-refractivity contribution in [1.29, 1.82) is 0 Å². The van der Waals surface area contributed by atoms with Gasteiger partial charge in [0, 0.05) is 12.3 Å². The second kappa shape index (κ2) is 5.50. The summed E-state index contributed by atoms with van der Waals surface area (Å²) in [5.41, 5.74) is -0.295. The summed E-state index contributed by atoms with van der Waals surface area (Å²) in [4.78, 5) is 19.2. The van der Waals surface area contributed by atoms with E-state index in [1.54, 1.807) is 0 Å². The number of nitrogens with one attached hydrogen (secondary N) is 1. The van der Waals surface area contributed by atoms with Crippen molar-refractivity contribution in [2.45, 2.75) is 17.6 Å². The van der Waals surface area contributed by atoms with Gasteiger partial charge in [-0.1, -0.05) is 11.6 Å². The number of sulfone groups is 2. The molecule has 21 heavy (non-hydrogen) atoms. The average molecular weight is 354 g/mol. The molecule has 1 N–H and O–H groups in total. The lowest BCUT2D eigenvalue weighted by atomic mass is 10.2. The molecular formula is C10H12ClN3O5S2. The smallest absolute Gasteiger partial charge is 0.271 e. The van der Waals surface area contributed by atoms with Gasteiger partial charge in [0.15, 0.2) is 15.5 Å². The maximum Gasteiger partial charge on any atom is 0.271 e. The van der Waals surface area contributed by atoms with Crippen LogP contribution in [0.5, 0.6) is 0 Å². The number of nitrogens with zero attached hydrogens (tertiary/aromatic N) is 2. The minimum Gasteiger partial charge on any atom is -0.347 e. The summed E-state index contributed by atoms with van der Waals surface area (Å²) >= 11 is 5.78. The number of carbonyl (C=O) groups is 1. The second-order valence-corrected chi connectivity index (χ2v) is 9.24. The van der Waals surface area contributed by atoms with E-state index in [0.717, 1.165) is 12.5 Å². The van der Waals surface area contributed by atoms with E-state index in [1.807, 2.05) is 0 Å². The van der Waals surface area contributed by atoms with E-state index in [1.165, 1.54) is 0 Å². The molecule has 2 rings (SSSR count). The van der Waals surface area contributed by atoms with Gasteiger partial charge in [0.1, 0.15) is 0 Å². The van der Waals surface area contributed by atoms with Crippen molar-refractivity contribution in [2.24, 2.45) is 0 Å². The Bertz CT molecular complexity index is 791. The number of aromatic nitrogens is 2. The summed E-state index contributed by atoms with van der Waals surface area (Å²) in [5, 5.41) is 1.85. The topological polar surface area (TPSA) is 123 Å². The number of rotatable bonds is 3. The van der Waals surface area contributed by atoms with Crippen LogP contribution < -0.4 is 5.32 Å². The van der Waals surface area contributed by atoms with Crippen LogP contribution in [0.3, 0.4) is 0 Å². The summed E-state index contributed by atoms with van der Waals surface area (Å²) in [7, 11) is -6.82. The third-order valence-corrected chi connectivity index (χ3v) is 5.74. The Morgan fingerprint density at radius 3 is 2.67 bits per heavy atom. The van der Waals surface area contributed by atoms with Gasteiger partial charge in [-0.3, -0.25) is 4.79 Å². The van der Waals surface area contributed by atoms with Crippen LogP contribution in [0, 0.1) is 0 Å². The van der Waals surface area contributed by atoms with Gasteiger partial charge in [-0.05, 0) is 6.42 Å². The van der Waals surface area contributed by atoms with Crippen LogP contribution in [-0.2, 0) is 19.7 Å². The number of halogens is 1. The molecule has 0 radical (unpaired) electrons. The molecule has 1 aromatic rings. The molecule has 1 unspecified atom stereocenters. The molecular weight excluding hydrogens is 342 g/mol. The lowest BCUT2D eigenvalue weighted by molar-refractivity contribution is 0.0935. The second-order valence-electron chi connectivity index (χ2n) is 4.69. The van der Waals surface area contributed by atoms with Crippen LogP contribution in [0.25, 0.3) is 0 Å². The quantitative estimate of drug-likeness (QED) is 0.723. The molecule has 11 heteroatoms. The molecule has 2 heterocycles. The van der Waals surface area contributed by atoms with Crippen molar-refractivity contribution in [1.82, 2.24) is 15.3 Å². The molecule has 1 fully saturated rings. The monoisotopic (exact) mass is 353 g/mol. The van der Waals surface area contributed by atoms with Crippen LogP contribution in [-0.4, -0.2) is 56.5 Å². The summed E-state index contributed by atoms with van der Waals surface area (Å²) in [6.45, 7) is 0. The first kappa shape index (κ1) is 16.1. The van der Waals surface area contributed by atoms with E-state index in [0.29, 0.717) is 6.42 Å². The average Bonchev–Trinajstić information content (AvgIpc) is 2.67. The van der Waals surface area contributed by atoms with E-state index >= 15 is 0 Å². The highest BCUT2D eigenvalue weighted by atomic mass is 35.5. The third kappa shape index (κ3) is 3.89. The van der Waals surface area contributed by atoms with E-state index in [-0.39, 0.29) is 22.2 Å². The van der Waals surface area contributed by atoms with Gasteiger partial charge in [0.2, 0.25) is 15.0 Å². The first-order valence-electron chi connectivity index (χ1n) is 5.82. The Balaban J connectivity index is 2.24. The maximum atomic E-state index is 12.0. The molecule has 1 aliphatic rings. The minimum atomic E-state index is -3.68. The van der Waals surface area contributed by atoms with Crippen molar-refractivity contribution in [3.63, 3.8) is 0 Å². The molecule has 1 aliphatic heterocycles. The fourth-order valence-electron chi connectivity index (χ4n) is 1.85. The summed E-state index contributed by atoms with van der Waals surface area (Å²) < 4.78 is 45.4. The summed E-state index contributed by atoms with van der Waals surface area (Å²) in [6, 6.07) is -0.532. The first-order chi connectivity index (χ1) is 9.58. The van der Waals surface area contributed by atoms with Crippen molar-refractivity contribution < 1.29 is 21.6 Å². The Hall–Kier alpha value is -1.26. The molecule has 1 saturated heterocycles. The van der Waals surface area contributed by atoms with Gasteiger partial charge in [0.25, 0.3) is 5.91 Å². The Labute approximate surface area is 126 Å². The van der Waals surface area contributed by atoms with Gasteiger partial charge in [-0.15, -0.1) is 0 Å². The molecule has 0 saturated carbocycles. The van der Waals surface area contributed by atoms with E-state index in [2.05, 4.69) is 15.3 Å². The van der Waals surface area contributed by atoms with Crippen molar-refractivity contribution in [3.05, 3.63) is 16.9 Å². The van der Waals surface area contributed by atoms with Crippen molar-refractivity contribution >= 4 is 37.2 Å².